The summed E-state index contributed by atoms with van der Waals surface area (Å²) in [6, 6.07) is 15.5. The van der Waals surface area contributed by atoms with Crippen LogP contribution >= 0.6 is 0 Å². The SMILES string of the molecule is COc1ccc(-c2nnc([C]3[CH][CH][CH][CH]3)nc2-c2ccc(OC)cc2)cc1.[CH]1[CH][CH][CH][CH]1.[Fe+2]. The topological polar surface area (TPSA) is 57.1 Å². The van der Waals surface area contributed by atoms with E-state index in [2.05, 4.69) is 10.2 Å². The standard InChI is InChI=1S/C22H18N3O2.C5H5.Fe/c1-26-18-11-7-15(8-12-18)20-21(16-9-13-19(27-2)14-10-16)24-25-22(23-20)17-5-3-4-6-17;1-2-4-5-3-1;/h3-14H,1-2H3;1-5H;/q;;+2. The molecule has 2 fully saturated rings. The molecule has 2 aliphatic carbocycles. The van der Waals surface area contributed by atoms with Gasteiger partial charge in [0, 0.05) is 11.1 Å². The molecule has 33 heavy (non-hydrogen) atoms. The number of hydrogen-bond acceptors (Lipinski definition) is 5. The minimum absolute atomic E-state index is 0. The van der Waals surface area contributed by atoms with Gasteiger partial charge < -0.3 is 9.47 Å². The van der Waals surface area contributed by atoms with Gasteiger partial charge in [0.1, 0.15) is 22.9 Å². The monoisotopic (exact) mass is 477 g/mol. The van der Waals surface area contributed by atoms with E-state index in [9.17, 15) is 0 Å². The van der Waals surface area contributed by atoms with Crippen molar-refractivity contribution in [2.45, 2.75) is 0 Å². The number of methoxy groups -OCH3 is 2. The quantitative estimate of drug-likeness (QED) is 0.485. The van der Waals surface area contributed by atoms with E-state index in [1.54, 1.807) is 14.2 Å². The van der Waals surface area contributed by atoms with Gasteiger partial charge in [-0.2, -0.15) is 0 Å². The van der Waals surface area contributed by atoms with Crippen molar-refractivity contribution < 1.29 is 26.5 Å². The second kappa shape index (κ2) is 12.7. The Balaban J connectivity index is 0.000000453. The van der Waals surface area contributed by atoms with E-state index >= 15 is 0 Å². The fourth-order valence-corrected chi connectivity index (χ4v) is 3.19. The van der Waals surface area contributed by atoms with Gasteiger partial charge in [0.15, 0.2) is 5.82 Å². The Morgan fingerprint density at radius 2 is 1.00 bits per heavy atom. The van der Waals surface area contributed by atoms with Crippen LogP contribution in [0, 0.1) is 63.7 Å². The Bertz CT molecular complexity index is 976. The molecule has 0 atom stereocenters. The van der Waals surface area contributed by atoms with Crippen molar-refractivity contribution in [3.8, 4) is 34.0 Å². The molecular weight excluding hydrogens is 454 g/mol. The maximum absolute atomic E-state index is 5.27. The zero-order chi connectivity index (χ0) is 22.2. The van der Waals surface area contributed by atoms with Crippen molar-refractivity contribution in [2.75, 3.05) is 14.2 Å². The van der Waals surface area contributed by atoms with Crippen LogP contribution < -0.4 is 9.47 Å². The minimum Gasteiger partial charge on any atom is -0.497 e. The zero-order valence-corrected chi connectivity index (χ0v) is 19.4. The smallest absolute Gasteiger partial charge is 0.497 e. The molecule has 2 saturated carbocycles. The molecule has 5 rings (SSSR count). The van der Waals surface area contributed by atoms with E-state index in [0.29, 0.717) is 5.82 Å². The van der Waals surface area contributed by atoms with E-state index in [1.807, 2.05) is 106 Å². The first kappa shape index (κ1) is 25.2. The Hall–Kier alpha value is -2.43. The van der Waals surface area contributed by atoms with Gasteiger partial charge >= 0.3 is 17.1 Å². The molecule has 0 saturated heterocycles. The normalized spacial score (nSPS) is 15.3. The molecule has 0 bridgehead atoms. The van der Waals surface area contributed by atoms with Crippen molar-refractivity contribution in [2.24, 2.45) is 0 Å². The van der Waals surface area contributed by atoms with Crippen LogP contribution in [0.25, 0.3) is 22.5 Å². The predicted octanol–water partition coefficient (Wildman–Crippen LogP) is 5.00. The molecule has 164 valence electrons. The number of rotatable bonds is 5. The van der Waals surface area contributed by atoms with Gasteiger partial charge in [-0.15, -0.1) is 10.2 Å². The molecule has 0 unspecified atom stereocenters. The molecule has 0 aliphatic heterocycles. The summed E-state index contributed by atoms with van der Waals surface area (Å²) in [5, 5.41) is 8.84. The zero-order valence-electron chi connectivity index (χ0n) is 18.3. The Labute approximate surface area is 207 Å². The molecule has 2 aliphatic rings. The number of benzene rings is 2. The van der Waals surface area contributed by atoms with Crippen molar-refractivity contribution >= 4 is 0 Å². The molecule has 0 N–H and O–H groups in total. The van der Waals surface area contributed by atoms with E-state index in [4.69, 9.17) is 14.5 Å². The van der Waals surface area contributed by atoms with Crippen molar-refractivity contribution in [3.05, 3.63) is 118 Å². The first-order chi connectivity index (χ1) is 15.8. The third kappa shape index (κ3) is 6.55. The van der Waals surface area contributed by atoms with Gasteiger partial charge in [-0.1, -0.05) is 0 Å². The van der Waals surface area contributed by atoms with Crippen LogP contribution in [0.1, 0.15) is 5.82 Å². The number of nitrogens with zero attached hydrogens (tertiary/aromatic N) is 3. The van der Waals surface area contributed by atoms with Crippen molar-refractivity contribution in [1.29, 1.82) is 0 Å². The van der Waals surface area contributed by atoms with Crippen LogP contribution in [0.2, 0.25) is 0 Å². The molecule has 5 nitrogen and oxygen atoms in total. The summed E-state index contributed by atoms with van der Waals surface area (Å²) in [5.74, 6) is 3.13. The summed E-state index contributed by atoms with van der Waals surface area (Å²) in [7, 11) is 3.30. The van der Waals surface area contributed by atoms with Gasteiger partial charge in [-0.05, 0) is 106 Å². The molecule has 3 aromatic rings. The Kier molecular flexibility index (Phi) is 9.71. The number of ether oxygens (including phenoxy) is 2. The predicted molar refractivity (Wildman–Crippen MR) is 125 cm³/mol. The van der Waals surface area contributed by atoms with Crippen LogP contribution in [0.3, 0.4) is 0 Å². The van der Waals surface area contributed by atoms with E-state index in [-0.39, 0.29) is 17.1 Å². The van der Waals surface area contributed by atoms with Crippen LogP contribution in [0.15, 0.2) is 48.5 Å². The van der Waals surface area contributed by atoms with Crippen LogP contribution in [-0.2, 0) is 17.1 Å². The van der Waals surface area contributed by atoms with Gasteiger partial charge in [0.05, 0.1) is 20.1 Å². The fraction of sp³-hybridized carbons (Fsp3) is 0.0741. The molecular formula is C27H23FeN3O2+2. The van der Waals surface area contributed by atoms with Crippen molar-refractivity contribution in [3.63, 3.8) is 0 Å². The summed E-state index contributed by atoms with van der Waals surface area (Å²) >= 11 is 0. The number of hydrogen-bond donors (Lipinski definition) is 0. The Morgan fingerprint density at radius 3 is 1.45 bits per heavy atom. The second-order valence-electron chi connectivity index (χ2n) is 6.93. The summed E-state index contributed by atoms with van der Waals surface area (Å²) in [6.45, 7) is 0. The van der Waals surface area contributed by atoms with Crippen LogP contribution in [-0.4, -0.2) is 29.4 Å². The van der Waals surface area contributed by atoms with E-state index in [1.165, 1.54) is 0 Å². The van der Waals surface area contributed by atoms with Gasteiger partial charge in [-0.3, -0.25) is 0 Å². The molecule has 0 spiro atoms. The van der Waals surface area contributed by atoms with Crippen LogP contribution in [0.5, 0.6) is 11.5 Å². The molecule has 1 aromatic heterocycles. The average molecular weight is 477 g/mol. The largest absolute Gasteiger partial charge is 2.00 e. The summed E-state index contributed by atoms with van der Waals surface area (Å²) < 4.78 is 10.5. The van der Waals surface area contributed by atoms with Gasteiger partial charge in [0.25, 0.3) is 0 Å². The van der Waals surface area contributed by atoms with Gasteiger partial charge in [0.2, 0.25) is 0 Å². The van der Waals surface area contributed by atoms with E-state index < -0.39 is 0 Å². The minimum atomic E-state index is 0. The van der Waals surface area contributed by atoms with Crippen LogP contribution in [0.4, 0.5) is 0 Å². The Morgan fingerprint density at radius 1 is 0.545 bits per heavy atom. The maximum Gasteiger partial charge on any atom is 2.00 e. The summed E-state index contributed by atoms with van der Waals surface area (Å²) in [6.07, 6.45) is 17.9. The number of aromatic nitrogens is 3. The third-order valence-corrected chi connectivity index (χ3v) is 4.89. The maximum atomic E-state index is 5.27. The van der Waals surface area contributed by atoms with E-state index in [0.717, 1.165) is 39.9 Å². The molecule has 1 heterocycles. The molecule has 0 amide bonds. The first-order valence-corrected chi connectivity index (χ1v) is 10.2. The first-order valence-electron chi connectivity index (χ1n) is 10.2. The second-order valence-corrected chi connectivity index (χ2v) is 6.93. The molecule has 6 heteroatoms. The molecule has 10 radical (unpaired) electrons. The summed E-state index contributed by atoms with van der Waals surface area (Å²) in [4.78, 5) is 4.81. The third-order valence-electron chi connectivity index (χ3n) is 4.89. The van der Waals surface area contributed by atoms with Gasteiger partial charge in [-0.25, -0.2) is 4.98 Å². The fourth-order valence-electron chi connectivity index (χ4n) is 3.19. The molecule has 2 aromatic carbocycles. The summed E-state index contributed by atoms with van der Waals surface area (Å²) in [5.41, 5.74) is 3.37. The van der Waals surface area contributed by atoms with Crippen molar-refractivity contribution in [1.82, 2.24) is 15.2 Å². The average Bonchev–Trinajstić information content (AvgIpc) is 3.61.